The summed E-state index contributed by atoms with van der Waals surface area (Å²) < 4.78 is 16.6. The van der Waals surface area contributed by atoms with Gasteiger partial charge in [-0.25, -0.2) is 4.79 Å². The third-order valence-electron chi connectivity index (χ3n) is 5.47. The van der Waals surface area contributed by atoms with Crippen molar-refractivity contribution in [2.24, 2.45) is 5.92 Å². The van der Waals surface area contributed by atoms with Crippen molar-refractivity contribution in [2.45, 2.75) is 70.6 Å². The molecule has 0 saturated carbocycles. The number of benzene rings is 1. The lowest BCUT2D eigenvalue weighted by atomic mass is 9.86. The van der Waals surface area contributed by atoms with E-state index in [1.54, 1.807) is 7.11 Å². The Labute approximate surface area is 167 Å². The van der Waals surface area contributed by atoms with Crippen molar-refractivity contribution in [1.29, 1.82) is 0 Å². The quantitative estimate of drug-likeness (QED) is 0.729. The molecule has 0 radical (unpaired) electrons. The van der Waals surface area contributed by atoms with Gasteiger partial charge in [-0.2, -0.15) is 0 Å². The van der Waals surface area contributed by atoms with Crippen LogP contribution in [0.4, 0.5) is 4.79 Å². The summed E-state index contributed by atoms with van der Waals surface area (Å²) in [6.45, 7) is 5.97. The van der Waals surface area contributed by atoms with Crippen LogP contribution in [-0.2, 0) is 9.53 Å². The molecule has 3 rings (SSSR count). The minimum absolute atomic E-state index is 0.00236. The van der Waals surface area contributed by atoms with Gasteiger partial charge in [0, 0.05) is 24.4 Å². The lowest BCUT2D eigenvalue weighted by Crippen LogP contribution is -2.49. The summed E-state index contributed by atoms with van der Waals surface area (Å²) in [6.07, 6.45) is 3.48. The lowest BCUT2D eigenvalue weighted by molar-refractivity contribution is -0.125. The maximum absolute atomic E-state index is 12.7. The Bertz CT molecular complexity index is 697. The van der Waals surface area contributed by atoms with Gasteiger partial charge < -0.3 is 19.1 Å². The van der Waals surface area contributed by atoms with Crippen molar-refractivity contribution in [3.8, 4) is 11.5 Å². The highest BCUT2D eigenvalue weighted by atomic mass is 16.6. The first kappa shape index (κ1) is 20.5. The van der Waals surface area contributed by atoms with E-state index >= 15 is 0 Å². The second-order valence-corrected chi connectivity index (χ2v) is 8.66. The average Bonchev–Trinajstić information content (AvgIpc) is 2.90. The molecule has 2 bridgehead atoms. The Hall–Kier alpha value is -2.24. The molecule has 2 fully saturated rings. The lowest BCUT2D eigenvalue weighted by Gasteiger charge is -2.39. The number of ketones is 1. The fourth-order valence-electron chi connectivity index (χ4n) is 4.26. The molecule has 0 aliphatic carbocycles. The molecule has 0 aromatic heterocycles. The van der Waals surface area contributed by atoms with E-state index in [0.29, 0.717) is 24.5 Å². The van der Waals surface area contributed by atoms with E-state index in [-0.39, 0.29) is 29.9 Å². The van der Waals surface area contributed by atoms with Gasteiger partial charge in [-0.15, -0.1) is 0 Å². The average molecular weight is 389 g/mol. The van der Waals surface area contributed by atoms with Crippen LogP contribution in [0.1, 0.15) is 52.9 Å². The van der Waals surface area contributed by atoms with E-state index in [4.69, 9.17) is 14.2 Å². The number of amides is 1. The first-order valence-electron chi connectivity index (χ1n) is 10.1. The molecule has 6 nitrogen and oxygen atoms in total. The van der Waals surface area contributed by atoms with E-state index in [0.717, 1.165) is 25.7 Å². The van der Waals surface area contributed by atoms with Crippen LogP contribution in [0.3, 0.4) is 0 Å². The monoisotopic (exact) mass is 389 g/mol. The predicted molar refractivity (Wildman–Crippen MR) is 106 cm³/mol. The highest BCUT2D eigenvalue weighted by Gasteiger charge is 2.46. The third-order valence-corrected chi connectivity index (χ3v) is 5.47. The van der Waals surface area contributed by atoms with Gasteiger partial charge in [0.15, 0.2) is 11.5 Å². The molecule has 2 saturated heterocycles. The van der Waals surface area contributed by atoms with E-state index < -0.39 is 5.60 Å². The van der Waals surface area contributed by atoms with Gasteiger partial charge in [0.1, 0.15) is 11.4 Å². The molecule has 28 heavy (non-hydrogen) atoms. The number of methoxy groups -OCH3 is 1. The molecule has 154 valence electrons. The molecule has 2 heterocycles. The van der Waals surface area contributed by atoms with Crippen LogP contribution in [0, 0.1) is 5.92 Å². The maximum atomic E-state index is 12.7. The van der Waals surface area contributed by atoms with Crippen molar-refractivity contribution < 1.29 is 23.8 Å². The number of para-hydroxylation sites is 2. The molecule has 1 aromatic carbocycles. The molecule has 2 aliphatic heterocycles. The minimum Gasteiger partial charge on any atom is -0.493 e. The van der Waals surface area contributed by atoms with Crippen molar-refractivity contribution in [1.82, 2.24) is 4.90 Å². The number of rotatable bonds is 6. The second kappa shape index (κ2) is 8.41. The molecule has 1 aromatic rings. The van der Waals surface area contributed by atoms with Crippen molar-refractivity contribution in [2.75, 3.05) is 13.7 Å². The van der Waals surface area contributed by atoms with Crippen LogP contribution in [0.5, 0.6) is 11.5 Å². The minimum atomic E-state index is -0.501. The topological polar surface area (TPSA) is 65.1 Å². The molecule has 0 spiro atoms. The van der Waals surface area contributed by atoms with Crippen LogP contribution in [-0.4, -0.2) is 48.2 Å². The van der Waals surface area contributed by atoms with Gasteiger partial charge in [-0.3, -0.25) is 4.79 Å². The number of nitrogens with zero attached hydrogens (tertiary/aromatic N) is 1. The van der Waals surface area contributed by atoms with Gasteiger partial charge >= 0.3 is 6.09 Å². The fourth-order valence-corrected chi connectivity index (χ4v) is 4.26. The summed E-state index contributed by atoms with van der Waals surface area (Å²) in [6, 6.07) is 7.65. The van der Waals surface area contributed by atoms with E-state index in [9.17, 15) is 9.59 Å². The van der Waals surface area contributed by atoms with Crippen LogP contribution in [0.15, 0.2) is 24.3 Å². The normalized spacial score (nSPS) is 24.0. The number of fused-ring (bicyclic) bond motifs is 2. The summed E-state index contributed by atoms with van der Waals surface area (Å²) in [7, 11) is 1.60. The van der Waals surface area contributed by atoms with Gasteiger partial charge in [0.2, 0.25) is 0 Å². The van der Waals surface area contributed by atoms with Crippen LogP contribution >= 0.6 is 0 Å². The zero-order chi connectivity index (χ0) is 20.3. The van der Waals surface area contributed by atoms with Crippen LogP contribution < -0.4 is 9.47 Å². The molecule has 0 N–H and O–H groups in total. The first-order valence-corrected chi connectivity index (χ1v) is 10.1. The molecular formula is C22H31NO5. The third kappa shape index (κ3) is 4.78. The predicted octanol–water partition coefficient (Wildman–Crippen LogP) is 4.21. The Morgan fingerprint density at radius 1 is 1.07 bits per heavy atom. The summed E-state index contributed by atoms with van der Waals surface area (Å²) in [5.41, 5.74) is -0.501. The Morgan fingerprint density at radius 2 is 1.68 bits per heavy atom. The Morgan fingerprint density at radius 3 is 2.25 bits per heavy atom. The van der Waals surface area contributed by atoms with Crippen molar-refractivity contribution in [3.63, 3.8) is 0 Å². The second-order valence-electron chi connectivity index (χ2n) is 8.66. The van der Waals surface area contributed by atoms with Crippen molar-refractivity contribution >= 4 is 11.9 Å². The molecule has 2 unspecified atom stereocenters. The van der Waals surface area contributed by atoms with Gasteiger partial charge in [0.05, 0.1) is 13.7 Å². The summed E-state index contributed by atoms with van der Waals surface area (Å²) >= 11 is 0. The summed E-state index contributed by atoms with van der Waals surface area (Å²) in [5, 5.41) is 0. The molecule has 2 atom stereocenters. The Kier molecular flexibility index (Phi) is 6.16. The van der Waals surface area contributed by atoms with Gasteiger partial charge in [0.25, 0.3) is 0 Å². The number of carbonyl (C=O) groups is 2. The van der Waals surface area contributed by atoms with E-state index in [1.165, 1.54) is 0 Å². The number of carbonyl (C=O) groups excluding carboxylic acids is 2. The van der Waals surface area contributed by atoms with E-state index in [1.807, 2.05) is 49.9 Å². The smallest absolute Gasteiger partial charge is 0.410 e. The molecule has 6 heteroatoms. The largest absolute Gasteiger partial charge is 0.493 e. The number of ether oxygens (including phenoxy) is 3. The zero-order valence-electron chi connectivity index (χ0n) is 17.3. The Balaban J connectivity index is 1.51. The number of hydrogen-bond donors (Lipinski definition) is 0. The summed E-state index contributed by atoms with van der Waals surface area (Å²) in [5.74, 6) is 1.53. The van der Waals surface area contributed by atoms with Gasteiger partial charge in [-0.05, 0) is 58.6 Å². The van der Waals surface area contributed by atoms with Crippen LogP contribution in [0.2, 0.25) is 0 Å². The highest BCUT2D eigenvalue weighted by molar-refractivity contribution is 5.82. The van der Waals surface area contributed by atoms with E-state index in [2.05, 4.69) is 0 Å². The zero-order valence-corrected chi connectivity index (χ0v) is 17.3. The maximum Gasteiger partial charge on any atom is 0.410 e. The highest BCUT2D eigenvalue weighted by Crippen LogP contribution is 2.40. The number of piperidine rings is 1. The molecular weight excluding hydrogens is 358 g/mol. The number of hydrogen-bond acceptors (Lipinski definition) is 5. The van der Waals surface area contributed by atoms with Crippen LogP contribution in [0.25, 0.3) is 0 Å². The number of Topliss-reactive ketones (excluding diaryl/α,β-unsaturated/α-hetero) is 1. The van der Waals surface area contributed by atoms with Gasteiger partial charge in [-0.1, -0.05) is 12.1 Å². The SMILES string of the molecule is COc1ccccc1OCCC(=O)C1CC2CCC(C1)N2C(=O)OC(C)(C)C. The standard InChI is InChI=1S/C22H31NO5/c1-22(2,3)28-21(25)23-16-9-10-17(23)14-15(13-16)18(24)11-12-27-20-8-6-5-7-19(20)26-4/h5-8,15-17H,9-14H2,1-4H3. The first-order chi connectivity index (χ1) is 13.3. The summed E-state index contributed by atoms with van der Waals surface area (Å²) in [4.78, 5) is 27.1. The molecule has 2 aliphatic rings. The van der Waals surface area contributed by atoms with Crippen molar-refractivity contribution in [3.05, 3.63) is 24.3 Å². The fraction of sp³-hybridized carbons (Fsp3) is 0.636. The molecule has 1 amide bonds.